The molecule has 1 aromatic carbocycles. The molecular formula is C21H34FN3O4. The van der Waals surface area contributed by atoms with Crippen LogP contribution in [0.2, 0.25) is 0 Å². The number of nitrogens with zero attached hydrogens (tertiary/aromatic N) is 1. The number of amides is 1. The molecule has 0 spiro atoms. The largest absolute Gasteiger partial charge is 0.497 e. The Hall–Kier alpha value is -2.32. The lowest BCUT2D eigenvalue weighted by atomic mass is 9.96. The Bertz CT molecular complexity index is 591. The van der Waals surface area contributed by atoms with Crippen LogP contribution in [0.1, 0.15) is 37.0 Å². The van der Waals surface area contributed by atoms with Crippen LogP contribution in [-0.4, -0.2) is 70.3 Å². The third-order valence-electron chi connectivity index (χ3n) is 4.61. The fourth-order valence-electron chi connectivity index (χ4n) is 3.08. The van der Waals surface area contributed by atoms with Gasteiger partial charge in [-0.15, -0.1) is 0 Å². The fourth-order valence-corrected chi connectivity index (χ4v) is 3.08. The van der Waals surface area contributed by atoms with E-state index in [1.54, 1.807) is 6.07 Å². The van der Waals surface area contributed by atoms with Crippen LogP contribution < -0.4 is 15.4 Å². The topological polar surface area (TPSA) is 87.7 Å². The molecule has 1 aliphatic heterocycles. The molecule has 2 rings (SSSR count). The van der Waals surface area contributed by atoms with E-state index >= 15 is 0 Å². The first kappa shape index (κ1) is 26.7. The van der Waals surface area contributed by atoms with Crippen molar-refractivity contribution in [3.8, 4) is 5.75 Å². The first-order valence-electron chi connectivity index (χ1n) is 9.64. The van der Waals surface area contributed by atoms with Crippen LogP contribution in [0.3, 0.4) is 0 Å². The molecule has 29 heavy (non-hydrogen) atoms. The average molecular weight is 412 g/mol. The zero-order valence-corrected chi connectivity index (χ0v) is 17.7. The van der Waals surface area contributed by atoms with Crippen molar-refractivity contribution in [1.82, 2.24) is 15.5 Å². The van der Waals surface area contributed by atoms with Crippen molar-refractivity contribution < 1.29 is 23.5 Å². The van der Waals surface area contributed by atoms with Gasteiger partial charge in [0, 0.05) is 37.3 Å². The lowest BCUT2D eigenvalue weighted by molar-refractivity contribution is -0.0987. The molecule has 0 bridgehead atoms. The Balaban J connectivity index is 0.00000184. The molecule has 2 N–H and O–H groups in total. The van der Waals surface area contributed by atoms with Crippen molar-refractivity contribution in [3.63, 3.8) is 0 Å². The second-order valence-corrected chi connectivity index (χ2v) is 6.98. The summed E-state index contributed by atoms with van der Waals surface area (Å²) in [5.41, 5.74) is 0.300. The van der Waals surface area contributed by atoms with Crippen LogP contribution in [0, 0.1) is 11.7 Å². The van der Waals surface area contributed by atoms with Crippen LogP contribution in [-0.2, 0) is 9.59 Å². The van der Waals surface area contributed by atoms with Gasteiger partial charge in [-0.05, 0) is 44.0 Å². The number of methoxy groups -OCH3 is 1. The summed E-state index contributed by atoms with van der Waals surface area (Å²) in [6, 6.07) is 4.58. The Labute approximate surface area is 173 Å². The van der Waals surface area contributed by atoms with Gasteiger partial charge >= 0.3 is 0 Å². The SMILES string of the molecule is C=O.C=O.COc1cc(F)cc(C(=O)NCC2CCN(CCNC(C)C)CC2)c1. The Morgan fingerprint density at radius 2 is 1.83 bits per heavy atom. The van der Waals surface area contributed by atoms with E-state index in [4.69, 9.17) is 14.3 Å². The number of carbonyl (C=O) groups excluding carboxylic acids is 3. The van der Waals surface area contributed by atoms with E-state index in [9.17, 15) is 9.18 Å². The maximum atomic E-state index is 13.5. The molecule has 0 unspecified atom stereocenters. The highest BCUT2D eigenvalue weighted by Gasteiger charge is 2.20. The predicted molar refractivity (Wildman–Crippen MR) is 112 cm³/mol. The molecule has 1 aromatic rings. The number of likely N-dealkylation sites (tertiary alicyclic amines) is 1. The van der Waals surface area contributed by atoms with Gasteiger partial charge in [-0.25, -0.2) is 4.39 Å². The number of halogens is 1. The van der Waals surface area contributed by atoms with E-state index in [2.05, 4.69) is 29.4 Å². The number of piperidine rings is 1. The molecule has 1 amide bonds. The molecule has 1 heterocycles. The molecule has 0 atom stereocenters. The van der Waals surface area contributed by atoms with E-state index in [0.717, 1.165) is 39.0 Å². The van der Waals surface area contributed by atoms with Crippen LogP contribution in [0.4, 0.5) is 4.39 Å². The second-order valence-electron chi connectivity index (χ2n) is 6.98. The van der Waals surface area contributed by atoms with E-state index in [0.29, 0.717) is 29.8 Å². The zero-order chi connectivity index (χ0) is 22.2. The Morgan fingerprint density at radius 1 is 1.21 bits per heavy atom. The van der Waals surface area contributed by atoms with Crippen molar-refractivity contribution in [2.75, 3.05) is 39.8 Å². The van der Waals surface area contributed by atoms with Crippen LogP contribution in [0.5, 0.6) is 5.75 Å². The molecule has 1 aliphatic rings. The Kier molecular flexibility index (Phi) is 14.3. The van der Waals surface area contributed by atoms with Crippen molar-refractivity contribution in [2.24, 2.45) is 5.92 Å². The lowest BCUT2D eigenvalue weighted by Crippen LogP contribution is -2.42. The van der Waals surface area contributed by atoms with Gasteiger partial charge < -0.3 is 29.9 Å². The predicted octanol–water partition coefficient (Wildman–Crippen LogP) is 1.90. The van der Waals surface area contributed by atoms with Crippen molar-refractivity contribution in [1.29, 1.82) is 0 Å². The number of ether oxygens (including phenoxy) is 1. The summed E-state index contributed by atoms with van der Waals surface area (Å²) >= 11 is 0. The van der Waals surface area contributed by atoms with Crippen molar-refractivity contribution in [2.45, 2.75) is 32.7 Å². The van der Waals surface area contributed by atoms with Gasteiger partial charge in [0.05, 0.1) is 7.11 Å². The summed E-state index contributed by atoms with van der Waals surface area (Å²) in [5.74, 6) is 0.122. The van der Waals surface area contributed by atoms with Gasteiger partial charge in [-0.3, -0.25) is 4.79 Å². The third-order valence-corrected chi connectivity index (χ3v) is 4.61. The number of benzene rings is 1. The molecule has 7 nitrogen and oxygen atoms in total. The summed E-state index contributed by atoms with van der Waals surface area (Å²) < 4.78 is 18.5. The molecule has 0 aliphatic carbocycles. The van der Waals surface area contributed by atoms with Crippen molar-refractivity contribution >= 4 is 19.5 Å². The van der Waals surface area contributed by atoms with Gasteiger partial charge in [-0.2, -0.15) is 0 Å². The standard InChI is InChI=1S/C19H30FN3O2.2CH2O/c1-14(2)21-6-9-23-7-4-15(5-8-23)13-22-19(24)16-10-17(20)12-18(11-16)25-3;2*1-2/h10-12,14-15,21H,4-9,13H2,1-3H3,(H,22,24);2*1H2. The number of rotatable bonds is 8. The maximum absolute atomic E-state index is 13.5. The van der Waals surface area contributed by atoms with E-state index in [-0.39, 0.29) is 5.91 Å². The quantitative estimate of drug-likeness (QED) is 0.679. The summed E-state index contributed by atoms with van der Waals surface area (Å²) in [5, 5.41) is 6.36. The minimum absolute atomic E-state index is 0.249. The molecule has 1 saturated heterocycles. The Morgan fingerprint density at radius 3 is 2.38 bits per heavy atom. The molecule has 0 saturated carbocycles. The molecule has 1 fully saturated rings. The number of carbonyl (C=O) groups is 3. The normalized spacial score (nSPS) is 14.2. The second kappa shape index (κ2) is 15.6. The molecule has 0 radical (unpaired) electrons. The third kappa shape index (κ3) is 10.7. The van der Waals surface area contributed by atoms with Gasteiger partial charge in [0.2, 0.25) is 0 Å². The smallest absolute Gasteiger partial charge is 0.251 e. The minimum Gasteiger partial charge on any atom is -0.497 e. The van der Waals surface area contributed by atoms with Crippen molar-refractivity contribution in [3.05, 3.63) is 29.6 Å². The van der Waals surface area contributed by atoms with Gasteiger partial charge in [-0.1, -0.05) is 13.8 Å². The van der Waals surface area contributed by atoms with E-state index < -0.39 is 5.82 Å². The summed E-state index contributed by atoms with van der Waals surface area (Å²) in [6.07, 6.45) is 2.16. The van der Waals surface area contributed by atoms with Gasteiger partial charge in [0.15, 0.2) is 0 Å². The first-order valence-corrected chi connectivity index (χ1v) is 9.64. The number of nitrogens with one attached hydrogen (secondary N) is 2. The highest BCUT2D eigenvalue weighted by Crippen LogP contribution is 2.18. The van der Waals surface area contributed by atoms with Gasteiger partial charge in [0.1, 0.15) is 25.1 Å². The lowest BCUT2D eigenvalue weighted by Gasteiger charge is -2.32. The zero-order valence-electron chi connectivity index (χ0n) is 17.7. The first-order chi connectivity index (χ1) is 14.0. The van der Waals surface area contributed by atoms with Crippen LogP contribution in [0.25, 0.3) is 0 Å². The number of hydrogen-bond donors (Lipinski definition) is 2. The molecule has 164 valence electrons. The van der Waals surface area contributed by atoms with E-state index in [1.165, 1.54) is 19.2 Å². The minimum atomic E-state index is -0.465. The highest BCUT2D eigenvalue weighted by molar-refractivity contribution is 5.94. The maximum Gasteiger partial charge on any atom is 0.251 e. The average Bonchev–Trinajstić information content (AvgIpc) is 2.75. The molecule has 8 heteroatoms. The molecular weight excluding hydrogens is 377 g/mol. The van der Waals surface area contributed by atoms with Gasteiger partial charge in [0.25, 0.3) is 5.91 Å². The number of hydrogen-bond acceptors (Lipinski definition) is 6. The highest BCUT2D eigenvalue weighted by atomic mass is 19.1. The summed E-state index contributed by atoms with van der Waals surface area (Å²) in [7, 11) is 1.46. The van der Waals surface area contributed by atoms with E-state index in [1.807, 2.05) is 13.6 Å². The van der Waals surface area contributed by atoms with Crippen LogP contribution in [0.15, 0.2) is 18.2 Å². The molecule has 0 aromatic heterocycles. The van der Waals surface area contributed by atoms with Crippen LogP contribution >= 0.6 is 0 Å². The summed E-state index contributed by atoms with van der Waals surface area (Å²) in [6.45, 7) is 13.2. The monoisotopic (exact) mass is 411 g/mol. The summed E-state index contributed by atoms with van der Waals surface area (Å²) in [4.78, 5) is 30.7. The fraction of sp³-hybridized carbons (Fsp3) is 0.571.